The van der Waals surface area contributed by atoms with Crippen molar-refractivity contribution in [2.45, 2.75) is 19.6 Å². The second-order valence-electron chi connectivity index (χ2n) is 4.14. The van der Waals surface area contributed by atoms with Crippen LogP contribution in [0.1, 0.15) is 6.92 Å². The fraction of sp³-hybridized carbons (Fsp3) is 0.364. The number of halogens is 1. The van der Waals surface area contributed by atoms with E-state index in [1.54, 1.807) is 17.8 Å². The van der Waals surface area contributed by atoms with Gasteiger partial charge >= 0.3 is 0 Å². The Kier molecular flexibility index (Phi) is 3.93. The summed E-state index contributed by atoms with van der Waals surface area (Å²) in [5.74, 6) is 0. The van der Waals surface area contributed by atoms with Gasteiger partial charge in [0, 0.05) is 8.96 Å². The number of rotatable bonds is 4. The summed E-state index contributed by atoms with van der Waals surface area (Å²) < 4.78 is 29.8. The quantitative estimate of drug-likeness (QED) is 0.602. The van der Waals surface area contributed by atoms with Gasteiger partial charge in [0.15, 0.2) is 0 Å². The van der Waals surface area contributed by atoms with Crippen molar-refractivity contribution in [3.8, 4) is 0 Å². The Morgan fingerprint density at radius 1 is 1.50 bits per heavy atom. The molecule has 1 aromatic carbocycles. The molecule has 0 bridgehead atoms. The van der Waals surface area contributed by atoms with E-state index >= 15 is 0 Å². The molecule has 18 heavy (non-hydrogen) atoms. The first-order valence-electron chi connectivity index (χ1n) is 5.34. The zero-order valence-corrected chi connectivity index (χ0v) is 13.0. The summed E-state index contributed by atoms with van der Waals surface area (Å²) in [5.41, 5.74) is 0.978. The third kappa shape index (κ3) is 3.42. The molecule has 0 amide bonds. The van der Waals surface area contributed by atoms with Crippen LogP contribution in [0.2, 0.25) is 0 Å². The second-order valence-corrected chi connectivity index (χ2v) is 6.99. The fourth-order valence-electron chi connectivity index (χ4n) is 1.76. The molecule has 2 aromatic rings. The van der Waals surface area contributed by atoms with Crippen LogP contribution < -0.4 is 0 Å². The number of aromatic nitrogens is 2. The Morgan fingerprint density at radius 2 is 2.22 bits per heavy atom. The van der Waals surface area contributed by atoms with Gasteiger partial charge < -0.3 is 0 Å². The molecule has 1 heterocycles. The van der Waals surface area contributed by atoms with Crippen LogP contribution in [0.15, 0.2) is 24.4 Å². The average Bonchev–Trinajstić information content (AvgIpc) is 2.58. The topological polar surface area (TPSA) is 61.2 Å². The Balaban J connectivity index is 2.24. The smallest absolute Gasteiger partial charge is 0.264 e. The number of fused-ring (bicyclic) bond motifs is 1. The molecule has 5 nitrogen and oxygen atoms in total. The van der Waals surface area contributed by atoms with Crippen LogP contribution in [0.5, 0.6) is 0 Å². The molecular weight excluding hydrogens is 367 g/mol. The molecule has 0 unspecified atom stereocenters. The summed E-state index contributed by atoms with van der Waals surface area (Å²) in [6.45, 7) is 2.11. The molecule has 2 rings (SSSR count). The summed E-state index contributed by atoms with van der Waals surface area (Å²) in [6, 6.07) is 6.00. The lowest BCUT2D eigenvalue weighted by Gasteiger charge is -2.11. The normalized spacial score (nSPS) is 13.9. The minimum Gasteiger partial charge on any atom is -0.265 e. The van der Waals surface area contributed by atoms with Crippen LogP contribution in [-0.4, -0.2) is 30.6 Å². The van der Waals surface area contributed by atoms with Crippen LogP contribution in [0.25, 0.3) is 10.9 Å². The summed E-state index contributed by atoms with van der Waals surface area (Å²) in [4.78, 5) is 0. The summed E-state index contributed by atoms with van der Waals surface area (Å²) in [7, 11) is -3.43. The first-order valence-corrected chi connectivity index (χ1v) is 8.24. The van der Waals surface area contributed by atoms with Gasteiger partial charge in [-0.05, 0) is 41.6 Å². The molecular formula is C11H13IN2O3S. The molecule has 0 aliphatic heterocycles. The van der Waals surface area contributed by atoms with E-state index < -0.39 is 16.2 Å². The van der Waals surface area contributed by atoms with E-state index in [1.807, 2.05) is 18.2 Å². The van der Waals surface area contributed by atoms with Gasteiger partial charge in [-0.3, -0.25) is 8.86 Å². The zero-order valence-electron chi connectivity index (χ0n) is 10.00. The van der Waals surface area contributed by atoms with Gasteiger partial charge in [0.05, 0.1) is 30.6 Å². The van der Waals surface area contributed by atoms with Crippen LogP contribution >= 0.6 is 22.6 Å². The van der Waals surface area contributed by atoms with Gasteiger partial charge in [0.25, 0.3) is 10.1 Å². The van der Waals surface area contributed by atoms with Crippen LogP contribution in [0.4, 0.5) is 0 Å². The molecule has 7 heteroatoms. The maximum absolute atomic E-state index is 11.0. The van der Waals surface area contributed by atoms with E-state index in [0.717, 1.165) is 20.7 Å². The number of nitrogens with zero attached hydrogens (tertiary/aromatic N) is 2. The van der Waals surface area contributed by atoms with E-state index in [0.29, 0.717) is 6.54 Å². The Morgan fingerprint density at radius 3 is 2.89 bits per heavy atom. The monoisotopic (exact) mass is 380 g/mol. The summed E-state index contributed by atoms with van der Waals surface area (Å²) >= 11 is 2.23. The highest BCUT2D eigenvalue weighted by atomic mass is 127. The Bertz CT molecular complexity index is 666. The van der Waals surface area contributed by atoms with Crippen molar-refractivity contribution in [3.63, 3.8) is 0 Å². The molecule has 0 radical (unpaired) electrons. The Hall–Kier alpha value is -0.670. The van der Waals surface area contributed by atoms with Crippen molar-refractivity contribution in [3.05, 3.63) is 28.0 Å². The highest BCUT2D eigenvalue weighted by Gasteiger charge is 2.13. The van der Waals surface area contributed by atoms with Crippen LogP contribution in [0, 0.1) is 3.57 Å². The molecule has 0 saturated carbocycles. The maximum atomic E-state index is 11.0. The fourth-order valence-corrected chi connectivity index (χ4v) is 2.89. The van der Waals surface area contributed by atoms with Gasteiger partial charge in [-0.25, -0.2) is 0 Å². The summed E-state index contributed by atoms with van der Waals surface area (Å²) in [6.07, 6.45) is 2.37. The molecule has 98 valence electrons. The lowest BCUT2D eigenvalue weighted by Crippen LogP contribution is -2.20. The van der Waals surface area contributed by atoms with E-state index in [4.69, 9.17) is 4.18 Å². The summed E-state index contributed by atoms with van der Waals surface area (Å²) in [5, 5.41) is 5.27. The average molecular weight is 380 g/mol. The van der Waals surface area contributed by atoms with Gasteiger partial charge in [-0.1, -0.05) is 6.07 Å². The van der Waals surface area contributed by atoms with E-state index in [1.165, 1.54) is 0 Å². The number of hydrogen-bond donors (Lipinski definition) is 0. The first-order chi connectivity index (χ1) is 8.35. The van der Waals surface area contributed by atoms with Crippen molar-refractivity contribution in [1.29, 1.82) is 0 Å². The van der Waals surface area contributed by atoms with Crippen LogP contribution in [-0.2, 0) is 20.8 Å². The van der Waals surface area contributed by atoms with Gasteiger partial charge in [0.1, 0.15) is 0 Å². The number of hydrogen-bond acceptors (Lipinski definition) is 4. The maximum Gasteiger partial charge on any atom is 0.264 e. The van der Waals surface area contributed by atoms with Crippen LogP contribution in [0.3, 0.4) is 0 Å². The van der Waals surface area contributed by atoms with Crippen molar-refractivity contribution >= 4 is 43.6 Å². The molecule has 0 N–H and O–H groups in total. The van der Waals surface area contributed by atoms with Crippen molar-refractivity contribution in [2.24, 2.45) is 0 Å². The predicted octanol–water partition coefficient (Wildman–Crippen LogP) is 2.01. The number of benzene rings is 1. The van der Waals surface area contributed by atoms with E-state index in [2.05, 4.69) is 27.7 Å². The minimum absolute atomic E-state index is 0.399. The molecule has 0 fully saturated rings. The SMILES string of the molecule is C[C@@H](Cn1ncc2ccc(I)cc21)OS(C)(=O)=O. The molecule has 1 atom stereocenters. The first kappa shape index (κ1) is 13.8. The molecule has 0 aliphatic rings. The Labute approximate surface area is 119 Å². The zero-order chi connectivity index (χ0) is 13.3. The second kappa shape index (κ2) is 5.14. The standard InChI is InChI=1S/C11H13IN2O3S/c1-8(17-18(2,15)16)7-14-11-5-10(12)4-3-9(11)6-13-14/h3-6,8H,7H2,1-2H3/t8-/m0/s1. The largest absolute Gasteiger partial charge is 0.265 e. The van der Waals surface area contributed by atoms with Gasteiger partial charge in [0.2, 0.25) is 0 Å². The van der Waals surface area contributed by atoms with E-state index in [9.17, 15) is 8.42 Å². The molecule has 0 aliphatic carbocycles. The van der Waals surface area contributed by atoms with Crippen molar-refractivity contribution in [2.75, 3.05) is 6.26 Å². The lowest BCUT2D eigenvalue weighted by atomic mass is 10.2. The minimum atomic E-state index is -3.43. The molecule has 0 saturated heterocycles. The third-order valence-electron chi connectivity index (χ3n) is 2.38. The van der Waals surface area contributed by atoms with Crippen molar-refractivity contribution in [1.82, 2.24) is 9.78 Å². The molecule has 0 spiro atoms. The predicted molar refractivity (Wildman–Crippen MR) is 77.8 cm³/mol. The highest BCUT2D eigenvalue weighted by molar-refractivity contribution is 14.1. The lowest BCUT2D eigenvalue weighted by molar-refractivity contribution is 0.205. The molecule has 1 aromatic heterocycles. The van der Waals surface area contributed by atoms with Crippen molar-refractivity contribution < 1.29 is 12.6 Å². The highest BCUT2D eigenvalue weighted by Crippen LogP contribution is 2.17. The third-order valence-corrected chi connectivity index (χ3v) is 3.72. The van der Waals surface area contributed by atoms with E-state index in [-0.39, 0.29) is 0 Å². The van der Waals surface area contributed by atoms with Gasteiger partial charge in [-0.15, -0.1) is 0 Å². The van der Waals surface area contributed by atoms with Gasteiger partial charge in [-0.2, -0.15) is 13.5 Å².